The van der Waals surface area contributed by atoms with Crippen molar-refractivity contribution in [3.8, 4) is 11.1 Å². The Labute approximate surface area is 170 Å². The summed E-state index contributed by atoms with van der Waals surface area (Å²) in [7, 11) is 0. The van der Waals surface area contributed by atoms with Gasteiger partial charge in [-0.05, 0) is 52.1 Å². The molecule has 0 aliphatic carbocycles. The SMILES string of the molecule is CCc1ccc(-c2cc(C(=O)O)ccc2Nc2ccc([N+](=O)[O-])c3nonc23)cc1. The summed E-state index contributed by atoms with van der Waals surface area (Å²) in [6.45, 7) is 2.05. The highest BCUT2D eigenvalue weighted by molar-refractivity contribution is 5.97. The lowest BCUT2D eigenvalue weighted by atomic mass is 9.99. The van der Waals surface area contributed by atoms with Gasteiger partial charge in [-0.15, -0.1) is 0 Å². The predicted octanol–water partition coefficient (Wildman–Crippen LogP) is 4.80. The van der Waals surface area contributed by atoms with E-state index in [0.29, 0.717) is 16.9 Å². The maximum absolute atomic E-state index is 11.5. The first-order chi connectivity index (χ1) is 14.5. The number of nitrogens with one attached hydrogen (secondary N) is 1. The molecule has 0 atom stereocenters. The van der Waals surface area contributed by atoms with Crippen molar-refractivity contribution in [3.63, 3.8) is 0 Å². The normalized spacial score (nSPS) is 10.8. The number of benzene rings is 3. The van der Waals surface area contributed by atoms with Gasteiger partial charge in [0.15, 0.2) is 5.52 Å². The highest BCUT2D eigenvalue weighted by Crippen LogP contribution is 2.35. The Bertz CT molecular complexity index is 1260. The number of non-ortho nitro benzene ring substituents is 1. The Kier molecular flexibility index (Phi) is 4.85. The first kappa shape index (κ1) is 19.1. The van der Waals surface area contributed by atoms with Crippen LogP contribution in [0.1, 0.15) is 22.8 Å². The van der Waals surface area contributed by atoms with Crippen molar-refractivity contribution in [1.82, 2.24) is 10.3 Å². The molecule has 3 aromatic carbocycles. The van der Waals surface area contributed by atoms with Gasteiger partial charge in [-0.1, -0.05) is 31.2 Å². The fourth-order valence-corrected chi connectivity index (χ4v) is 3.19. The van der Waals surface area contributed by atoms with Gasteiger partial charge in [0.1, 0.15) is 0 Å². The Morgan fingerprint density at radius 2 is 1.77 bits per heavy atom. The average molecular weight is 404 g/mol. The fourth-order valence-electron chi connectivity index (χ4n) is 3.19. The maximum Gasteiger partial charge on any atom is 0.335 e. The van der Waals surface area contributed by atoms with E-state index >= 15 is 0 Å². The quantitative estimate of drug-likeness (QED) is 0.346. The topological polar surface area (TPSA) is 131 Å². The summed E-state index contributed by atoms with van der Waals surface area (Å²) in [5.74, 6) is -1.04. The molecule has 9 heteroatoms. The second kappa shape index (κ2) is 7.63. The lowest BCUT2D eigenvalue weighted by Crippen LogP contribution is -2.00. The van der Waals surface area contributed by atoms with Gasteiger partial charge < -0.3 is 10.4 Å². The zero-order valence-electron chi connectivity index (χ0n) is 15.8. The molecule has 0 spiro atoms. The second-order valence-electron chi connectivity index (χ2n) is 6.59. The number of rotatable bonds is 6. The molecule has 1 aromatic heterocycles. The van der Waals surface area contributed by atoms with E-state index in [4.69, 9.17) is 4.63 Å². The van der Waals surface area contributed by atoms with Crippen LogP contribution in [0.25, 0.3) is 22.2 Å². The van der Waals surface area contributed by atoms with Gasteiger partial charge in [-0.3, -0.25) is 10.1 Å². The average Bonchev–Trinajstić information content (AvgIpc) is 3.24. The van der Waals surface area contributed by atoms with Crippen LogP contribution in [0.15, 0.2) is 59.2 Å². The van der Waals surface area contributed by atoms with Crippen molar-refractivity contribution in [1.29, 1.82) is 0 Å². The molecule has 0 saturated heterocycles. The van der Waals surface area contributed by atoms with Gasteiger partial charge in [0.2, 0.25) is 5.52 Å². The van der Waals surface area contributed by atoms with Crippen LogP contribution in [0.2, 0.25) is 0 Å². The molecule has 4 aromatic rings. The summed E-state index contributed by atoms with van der Waals surface area (Å²) in [5, 5.41) is 31.2. The summed E-state index contributed by atoms with van der Waals surface area (Å²) in [5.41, 5.74) is 3.89. The van der Waals surface area contributed by atoms with Gasteiger partial charge >= 0.3 is 11.7 Å². The number of anilines is 2. The minimum atomic E-state index is -1.04. The summed E-state index contributed by atoms with van der Waals surface area (Å²) < 4.78 is 4.70. The molecule has 0 aliphatic rings. The van der Waals surface area contributed by atoms with Gasteiger partial charge in [0, 0.05) is 17.3 Å². The molecule has 30 heavy (non-hydrogen) atoms. The smallest absolute Gasteiger partial charge is 0.335 e. The second-order valence-corrected chi connectivity index (χ2v) is 6.59. The summed E-state index contributed by atoms with van der Waals surface area (Å²) in [6.07, 6.45) is 0.889. The molecule has 1 heterocycles. The molecule has 4 rings (SSSR count). The van der Waals surface area contributed by atoms with Crippen LogP contribution in [-0.2, 0) is 6.42 Å². The van der Waals surface area contributed by atoms with E-state index in [1.54, 1.807) is 12.1 Å². The minimum Gasteiger partial charge on any atom is -0.478 e. The zero-order chi connectivity index (χ0) is 21.3. The van der Waals surface area contributed by atoms with Crippen LogP contribution in [0.5, 0.6) is 0 Å². The Hall–Kier alpha value is -4.27. The zero-order valence-corrected chi connectivity index (χ0v) is 15.8. The Balaban J connectivity index is 1.82. The number of nitrogens with zero attached hydrogens (tertiary/aromatic N) is 3. The lowest BCUT2D eigenvalue weighted by molar-refractivity contribution is -0.383. The number of carbonyl (C=O) groups is 1. The van der Waals surface area contributed by atoms with Gasteiger partial charge in [-0.2, -0.15) is 0 Å². The number of aromatic carboxylic acids is 1. The number of hydrogen-bond donors (Lipinski definition) is 2. The fraction of sp³-hybridized carbons (Fsp3) is 0.0952. The largest absolute Gasteiger partial charge is 0.478 e. The standard InChI is InChI=1S/C21H16N4O5/c1-2-12-3-5-13(6-4-12)15-11-14(21(26)27)7-8-16(15)22-17-9-10-18(25(28)29)20-19(17)23-30-24-20/h3-11,22H,2H2,1H3,(H,26,27). The highest BCUT2D eigenvalue weighted by Gasteiger charge is 2.20. The maximum atomic E-state index is 11.5. The van der Waals surface area contributed by atoms with E-state index in [0.717, 1.165) is 17.5 Å². The molecule has 2 N–H and O–H groups in total. The molecular weight excluding hydrogens is 388 g/mol. The Morgan fingerprint density at radius 3 is 2.43 bits per heavy atom. The van der Waals surface area contributed by atoms with Gasteiger partial charge in [0.05, 0.1) is 16.2 Å². The number of carboxylic acid groups (broad SMARTS) is 1. The third kappa shape index (κ3) is 3.44. The third-order valence-corrected chi connectivity index (χ3v) is 4.80. The number of hydrogen-bond acceptors (Lipinski definition) is 7. The van der Waals surface area contributed by atoms with E-state index in [9.17, 15) is 20.0 Å². The molecule has 150 valence electrons. The number of aryl methyl sites for hydroxylation is 1. The van der Waals surface area contributed by atoms with Crippen molar-refractivity contribution < 1.29 is 19.5 Å². The van der Waals surface area contributed by atoms with E-state index in [2.05, 4.69) is 22.6 Å². The van der Waals surface area contributed by atoms with Crippen LogP contribution in [0, 0.1) is 10.1 Å². The van der Waals surface area contributed by atoms with Crippen LogP contribution < -0.4 is 5.32 Å². The Morgan fingerprint density at radius 1 is 1.07 bits per heavy atom. The number of carboxylic acids is 1. The van der Waals surface area contributed by atoms with E-state index < -0.39 is 10.9 Å². The number of nitro groups is 1. The van der Waals surface area contributed by atoms with Crippen molar-refractivity contribution in [3.05, 3.63) is 75.8 Å². The summed E-state index contributed by atoms with van der Waals surface area (Å²) in [4.78, 5) is 22.1. The van der Waals surface area contributed by atoms with Crippen molar-refractivity contribution in [2.45, 2.75) is 13.3 Å². The molecule has 9 nitrogen and oxygen atoms in total. The molecule has 0 saturated carbocycles. The van der Waals surface area contributed by atoms with Crippen molar-refractivity contribution >= 4 is 34.1 Å². The number of aromatic nitrogens is 2. The van der Waals surface area contributed by atoms with Crippen molar-refractivity contribution in [2.24, 2.45) is 0 Å². The first-order valence-electron chi connectivity index (χ1n) is 9.11. The van der Waals surface area contributed by atoms with E-state index in [1.807, 2.05) is 24.3 Å². The first-order valence-corrected chi connectivity index (χ1v) is 9.11. The van der Waals surface area contributed by atoms with Crippen LogP contribution in [-0.4, -0.2) is 26.3 Å². The van der Waals surface area contributed by atoms with Gasteiger partial charge in [0.25, 0.3) is 0 Å². The summed E-state index contributed by atoms with van der Waals surface area (Å²) in [6, 6.07) is 15.4. The summed E-state index contributed by atoms with van der Waals surface area (Å²) >= 11 is 0. The molecular formula is C21H16N4O5. The predicted molar refractivity (Wildman–Crippen MR) is 110 cm³/mol. The number of nitro benzene ring substituents is 1. The molecule has 0 radical (unpaired) electrons. The van der Waals surface area contributed by atoms with Crippen LogP contribution in [0.4, 0.5) is 17.1 Å². The molecule has 0 aliphatic heterocycles. The minimum absolute atomic E-state index is 0.0287. The lowest BCUT2D eigenvalue weighted by Gasteiger charge is -2.14. The molecule has 0 fully saturated rings. The molecule has 0 amide bonds. The van der Waals surface area contributed by atoms with E-state index in [-0.39, 0.29) is 22.3 Å². The molecule has 0 bridgehead atoms. The molecule has 0 unspecified atom stereocenters. The number of fused-ring (bicyclic) bond motifs is 1. The monoisotopic (exact) mass is 404 g/mol. The van der Waals surface area contributed by atoms with Crippen LogP contribution >= 0.6 is 0 Å². The van der Waals surface area contributed by atoms with Gasteiger partial charge in [-0.25, -0.2) is 9.42 Å². The van der Waals surface area contributed by atoms with E-state index in [1.165, 1.54) is 18.2 Å². The van der Waals surface area contributed by atoms with Crippen LogP contribution in [0.3, 0.4) is 0 Å². The van der Waals surface area contributed by atoms with Crippen molar-refractivity contribution in [2.75, 3.05) is 5.32 Å². The highest BCUT2D eigenvalue weighted by atomic mass is 16.6. The third-order valence-electron chi connectivity index (χ3n) is 4.80.